The molecule has 288 valence electrons. The van der Waals surface area contributed by atoms with Crippen molar-refractivity contribution in [1.29, 1.82) is 0 Å². The number of nitrogens with zero attached hydrogens (tertiary/aromatic N) is 1. The summed E-state index contributed by atoms with van der Waals surface area (Å²) in [6.07, 6.45) is -9.67. The first kappa shape index (κ1) is 42.5. The Balaban J connectivity index is 1.16. The van der Waals surface area contributed by atoms with E-state index in [1.807, 2.05) is 0 Å². The zero-order valence-corrected chi connectivity index (χ0v) is 30.1. The molecule has 0 aromatic heterocycles. The number of hydrogen-bond acceptors (Lipinski definition) is 16. The third kappa shape index (κ3) is 14.2. The molecule has 3 saturated heterocycles. The van der Waals surface area contributed by atoms with Crippen LogP contribution in [0.4, 0.5) is 0 Å². The molecule has 19 nitrogen and oxygen atoms in total. The topological polar surface area (TPSA) is 253 Å². The molecule has 3 fully saturated rings. The van der Waals surface area contributed by atoms with Gasteiger partial charge in [0.15, 0.2) is 0 Å². The fourth-order valence-corrected chi connectivity index (χ4v) is 7.39. The monoisotopic (exact) mass is 827 g/mol. The van der Waals surface area contributed by atoms with Gasteiger partial charge in [0.05, 0.1) is 13.2 Å². The zero-order valence-electron chi connectivity index (χ0n) is 28.0. The Morgan fingerprint density at radius 1 is 0.633 bits per heavy atom. The van der Waals surface area contributed by atoms with Crippen LogP contribution in [0.25, 0.3) is 0 Å². The summed E-state index contributed by atoms with van der Waals surface area (Å²) in [6, 6.07) is -1.99. The fourth-order valence-electron chi connectivity index (χ4n) is 5.20. The second-order valence-electron chi connectivity index (χ2n) is 11.8. The third-order valence-electron chi connectivity index (χ3n) is 8.00. The number of rotatable bonds is 24. The maximum atomic E-state index is 11.5. The number of aliphatic hydroxyl groups is 6. The molecule has 0 radical (unpaired) electrons. The molecule has 3 heterocycles. The number of carbonyl (C=O) groups excluding carboxylic acids is 2. The molecule has 3 rings (SSSR count). The second-order valence-corrected chi connectivity index (χ2v) is 15.2. The molecule has 0 aromatic rings. The maximum absolute atomic E-state index is 11.5. The minimum absolute atomic E-state index is 0.0706. The molecule has 0 bridgehead atoms. The molecular weight excluding hydrogens is 773 g/mol. The van der Waals surface area contributed by atoms with Crippen LogP contribution in [0, 0.1) is 0 Å². The molecule has 49 heavy (non-hydrogen) atoms. The van der Waals surface area contributed by atoms with Gasteiger partial charge in [0, 0.05) is 13.8 Å². The van der Waals surface area contributed by atoms with Crippen LogP contribution in [0.3, 0.4) is 0 Å². The van der Waals surface area contributed by atoms with Crippen molar-refractivity contribution < 1.29 is 102 Å². The Hall–Kier alpha value is -0.930. The van der Waals surface area contributed by atoms with Gasteiger partial charge in [0.25, 0.3) is 0 Å². The Labute approximate surface area is 296 Å². The van der Waals surface area contributed by atoms with Crippen LogP contribution in [-0.4, -0.2) is 203 Å². The first-order chi connectivity index (χ1) is 23.5. The molecule has 0 aliphatic carbocycles. The molecule has 3 aliphatic rings. The van der Waals surface area contributed by atoms with Gasteiger partial charge in [0.2, 0.25) is 11.8 Å². The van der Waals surface area contributed by atoms with E-state index in [4.69, 9.17) is 37.9 Å². The Kier molecular flexibility index (Phi) is 19.3. The van der Waals surface area contributed by atoms with Crippen molar-refractivity contribution in [2.75, 3.05) is 96.9 Å². The fraction of sp³-hybridized carbons (Fsp3) is 0.931. The summed E-state index contributed by atoms with van der Waals surface area (Å²) in [5, 5.41) is 64.5. The predicted molar refractivity (Wildman–Crippen MR) is 161 cm³/mol. The van der Waals surface area contributed by atoms with E-state index in [-0.39, 0.29) is 47.9 Å². The Morgan fingerprint density at radius 3 is 1.31 bits per heavy atom. The van der Waals surface area contributed by atoms with E-state index in [1.165, 1.54) is 18.4 Å². The van der Waals surface area contributed by atoms with Gasteiger partial charge in [-0.3, -0.25) is 9.59 Å². The van der Waals surface area contributed by atoms with Crippen molar-refractivity contribution in [2.24, 2.45) is 0 Å². The van der Waals surface area contributed by atoms with Crippen LogP contribution in [0.15, 0.2) is 0 Å². The molecule has 6 unspecified atom stereocenters. The average molecular weight is 828 g/mol. The van der Waals surface area contributed by atoms with Crippen molar-refractivity contribution in [3.63, 3.8) is 0 Å². The van der Waals surface area contributed by atoms with E-state index in [9.17, 15) is 40.2 Å². The van der Waals surface area contributed by atoms with E-state index >= 15 is 0 Å². The molecule has 0 saturated carbocycles. The Morgan fingerprint density at radius 2 is 0.980 bits per heavy atom. The van der Waals surface area contributed by atoms with E-state index in [0.29, 0.717) is 39.6 Å². The first-order valence-electron chi connectivity index (χ1n) is 16.3. The normalized spacial score (nSPS) is 34.6. The number of quaternary nitrogens is 1. The summed E-state index contributed by atoms with van der Waals surface area (Å²) >= 11 is 0.0706. The van der Waals surface area contributed by atoms with Crippen LogP contribution in [0.2, 0.25) is 0 Å². The standard InChI is InChI=1S/C29H54IN3O16/c1-18(36)31-22-26(40)24(38)20(15-34)48-28(22)46-13-11-44-9-7-42-5-3-33(17-30-33)4-6-43-8-10-45-12-14-47-29-23(32-19(2)37)27(41)25(39)21(16-35)49-29/h20-29,34-35,38-41H,3-17H2,1-2H3,(H,31,36)(H,32,37)/t20?,21?,22?,23?,24-,25-,26?,27?,28+,29+,33?/m0/s1. The molecule has 3 aliphatic heterocycles. The van der Waals surface area contributed by atoms with Gasteiger partial charge < -0.3 is 41.3 Å². The summed E-state index contributed by atoms with van der Waals surface area (Å²) in [7, 11) is 0. The average Bonchev–Trinajstić information content (AvgIpc) is 3.84. The number of hydrogen-bond donors (Lipinski definition) is 8. The van der Waals surface area contributed by atoms with E-state index in [1.54, 1.807) is 0 Å². The predicted octanol–water partition coefficient (Wildman–Crippen LogP) is -8.23. The van der Waals surface area contributed by atoms with Crippen molar-refractivity contribution in [3.8, 4) is 0 Å². The van der Waals surface area contributed by atoms with Crippen LogP contribution in [0.5, 0.6) is 0 Å². The van der Waals surface area contributed by atoms with Crippen LogP contribution in [-0.2, 0) is 47.5 Å². The van der Waals surface area contributed by atoms with Crippen molar-refractivity contribution >= 4 is 11.8 Å². The van der Waals surface area contributed by atoms with Gasteiger partial charge in [-0.1, -0.05) is 0 Å². The van der Waals surface area contributed by atoms with Crippen molar-refractivity contribution in [1.82, 2.24) is 10.6 Å². The van der Waals surface area contributed by atoms with E-state index in [0.717, 1.165) is 15.8 Å². The SMILES string of the molecule is CC(=O)NC1C(O)[C@@H](O)C(CO)O[C@H]1OCCOCCOCC[N+]1(CCOCCOCCO[C@@H]2OC(CO)[C@H](O)C(O)C2NC(C)=O)C[I-]1. The van der Waals surface area contributed by atoms with Crippen LogP contribution in [0.1, 0.15) is 13.8 Å². The molecule has 8 N–H and O–H groups in total. The first-order valence-corrected chi connectivity index (χ1v) is 18.8. The number of carbonyl (C=O) groups is 2. The van der Waals surface area contributed by atoms with Gasteiger partial charge in [-0.25, -0.2) is 0 Å². The number of halogens is 1. The number of amides is 2. The summed E-state index contributed by atoms with van der Waals surface area (Å²) in [5.41, 5.74) is 0. The van der Waals surface area contributed by atoms with Gasteiger partial charge in [-0.05, 0) is 0 Å². The summed E-state index contributed by atoms with van der Waals surface area (Å²) in [5.74, 6) is -0.848. The molecular formula is C29H54IN3O16. The van der Waals surface area contributed by atoms with Crippen molar-refractivity contribution in [3.05, 3.63) is 0 Å². The third-order valence-corrected chi connectivity index (χ3v) is 11.6. The van der Waals surface area contributed by atoms with Crippen molar-refractivity contribution in [2.45, 2.75) is 75.1 Å². The molecule has 2 amide bonds. The van der Waals surface area contributed by atoms with Crippen LogP contribution < -0.4 is 32.1 Å². The van der Waals surface area contributed by atoms with Gasteiger partial charge in [-0.2, -0.15) is 0 Å². The molecule has 0 spiro atoms. The van der Waals surface area contributed by atoms with Gasteiger partial charge in [-0.15, -0.1) is 0 Å². The summed E-state index contributed by atoms with van der Waals surface area (Å²) in [6.45, 7) is 6.68. The van der Waals surface area contributed by atoms with Gasteiger partial charge >= 0.3 is 170 Å². The number of ether oxygens (including phenoxy) is 8. The minimum atomic E-state index is -1.37. The number of alkyl halides is 1. The summed E-state index contributed by atoms with van der Waals surface area (Å²) in [4.78, 5) is 23.0. The quantitative estimate of drug-likeness (QED) is 0.0112. The van der Waals surface area contributed by atoms with E-state index < -0.39 is 86.3 Å². The Bertz CT molecular complexity index is 900. The molecule has 0 aromatic carbocycles. The second kappa shape index (κ2) is 22.2. The van der Waals surface area contributed by atoms with Crippen LogP contribution >= 0.6 is 0 Å². The number of aliphatic hydroxyl groups excluding tert-OH is 6. The number of nitrogens with one attached hydrogen (secondary N) is 2. The van der Waals surface area contributed by atoms with Gasteiger partial charge in [0.1, 0.15) is 36.6 Å². The zero-order chi connectivity index (χ0) is 35.8. The van der Waals surface area contributed by atoms with E-state index in [2.05, 4.69) is 10.6 Å². The molecule has 10 atom stereocenters. The summed E-state index contributed by atoms with van der Waals surface area (Å²) < 4.78 is 47.0. The molecule has 20 heteroatoms.